The molecule has 3 atom stereocenters. The summed E-state index contributed by atoms with van der Waals surface area (Å²) in [7, 11) is 0. The number of nitrogens with one attached hydrogen (secondary N) is 1. The molecule has 3 unspecified atom stereocenters. The Balaban J connectivity index is 3.50. The predicted octanol–water partition coefficient (Wildman–Crippen LogP) is 13.8. The number of allylic oxidation sites excluding steroid dienone is 4. The van der Waals surface area contributed by atoms with E-state index in [2.05, 4.69) is 43.5 Å². The predicted molar refractivity (Wildman–Crippen MR) is 231 cm³/mol. The van der Waals surface area contributed by atoms with E-state index in [-0.39, 0.29) is 18.9 Å². The second-order valence-corrected chi connectivity index (χ2v) is 16.4. The summed E-state index contributed by atoms with van der Waals surface area (Å²) < 4.78 is 0. The first-order valence-electron chi connectivity index (χ1n) is 23.6. The third-order valence-electron chi connectivity index (χ3n) is 11.0. The van der Waals surface area contributed by atoms with Gasteiger partial charge < -0.3 is 20.6 Å². The van der Waals surface area contributed by atoms with Crippen LogP contribution in [0.4, 0.5) is 0 Å². The van der Waals surface area contributed by atoms with Crippen LogP contribution in [0.5, 0.6) is 0 Å². The van der Waals surface area contributed by atoms with E-state index in [1.807, 2.05) is 0 Å². The molecule has 0 aliphatic carbocycles. The van der Waals surface area contributed by atoms with Gasteiger partial charge in [0.1, 0.15) is 0 Å². The first-order valence-corrected chi connectivity index (χ1v) is 23.6. The molecule has 0 radical (unpaired) electrons. The van der Waals surface area contributed by atoms with E-state index < -0.39 is 18.2 Å². The third-order valence-corrected chi connectivity index (χ3v) is 11.0. The molecule has 0 spiro atoms. The molecule has 0 rings (SSSR count). The van der Waals surface area contributed by atoms with Crippen molar-refractivity contribution in [3.8, 4) is 0 Å². The molecule has 0 aliphatic rings. The van der Waals surface area contributed by atoms with Crippen molar-refractivity contribution in [2.24, 2.45) is 0 Å². The Morgan fingerprint density at radius 1 is 0.472 bits per heavy atom. The van der Waals surface area contributed by atoms with E-state index in [0.717, 1.165) is 32.1 Å². The van der Waals surface area contributed by atoms with Crippen LogP contribution in [-0.4, -0.2) is 46.1 Å². The van der Waals surface area contributed by atoms with Gasteiger partial charge in [0.2, 0.25) is 5.91 Å². The summed E-state index contributed by atoms with van der Waals surface area (Å²) in [5.74, 6) is -0.284. The second-order valence-electron chi connectivity index (χ2n) is 16.4. The molecular weight excluding hydrogens is 655 g/mol. The average molecular weight is 748 g/mol. The number of hydrogen-bond acceptors (Lipinski definition) is 4. The fraction of sp³-hybridized carbons (Fsp3) is 0.896. The zero-order valence-corrected chi connectivity index (χ0v) is 35.7. The summed E-state index contributed by atoms with van der Waals surface area (Å²) in [5.41, 5.74) is 0. The molecule has 0 saturated carbocycles. The molecule has 0 aliphatic heterocycles. The molecule has 0 aromatic carbocycles. The summed E-state index contributed by atoms with van der Waals surface area (Å²) in [6.45, 7) is 4.24. The lowest BCUT2D eigenvalue weighted by molar-refractivity contribution is -0.125. The van der Waals surface area contributed by atoms with E-state index in [1.54, 1.807) is 0 Å². The van der Waals surface area contributed by atoms with Gasteiger partial charge in [0, 0.05) is 0 Å². The summed E-state index contributed by atoms with van der Waals surface area (Å²) in [4.78, 5) is 12.4. The minimum atomic E-state index is -0.745. The van der Waals surface area contributed by atoms with Gasteiger partial charge in [-0.2, -0.15) is 0 Å². The fourth-order valence-electron chi connectivity index (χ4n) is 7.38. The van der Waals surface area contributed by atoms with Gasteiger partial charge in [-0.3, -0.25) is 4.79 Å². The summed E-state index contributed by atoms with van der Waals surface area (Å²) in [5, 5.41) is 33.3. The van der Waals surface area contributed by atoms with Crippen molar-refractivity contribution in [2.45, 2.75) is 270 Å². The van der Waals surface area contributed by atoms with Crippen molar-refractivity contribution in [3.05, 3.63) is 24.3 Å². The number of hydrogen-bond donors (Lipinski definition) is 4. The number of aliphatic hydroxyl groups excluding tert-OH is 3. The van der Waals surface area contributed by atoms with E-state index >= 15 is 0 Å². The SMILES string of the molecule is CCCCCCCCCCC/C=C\C/C=C\CCCCCCCCCCCCCCCC(O)CC(=O)NC(CO)C(O)CCCCCCCCCCC. The zero-order chi connectivity index (χ0) is 38.7. The van der Waals surface area contributed by atoms with Gasteiger partial charge in [-0.05, 0) is 44.9 Å². The van der Waals surface area contributed by atoms with Crippen LogP contribution in [0.3, 0.4) is 0 Å². The molecule has 314 valence electrons. The first kappa shape index (κ1) is 51.8. The van der Waals surface area contributed by atoms with Crippen LogP contribution >= 0.6 is 0 Å². The molecule has 0 fully saturated rings. The molecular formula is C48H93NO4. The molecule has 53 heavy (non-hydrogen) atoms. The standard InChI is InChI=1S/C48H93NO4/c1-3-5-7-9-11-13-14-15-16-17-18-19-20-21-22-23-24-25-26-27-28-29-30-31-32-34-35-37-39-41-45(51)43-48(53)49-46(44-50)47(52)42-40-38-36-33-12-10-8-6-4-2/h18-19,21-22,45-47,50-52H,3-17,20,23-44H2,1-2H3,(H,49,53)/b19-18-,22-21-. The fourth-order valence-corrected chi connectivity index (χ4v) is 7.38. The normalized spacial score (nSPS) is 13.7. The lowest BCUT2D eigenvalue weighted by Gasteiger charge is -2.23. The van der Waals surface area contributed by atoms with Crippen LogP contribution < -0.4 is 5.32 Å². The van der Waals surface area contributed by atoms with E-state index in [1.165, 1.54) is 186 Å². The average Bonchev–Trinajstić information content (AvgIpc) is 3.15. The molecule has 0 aromatic rings. The third kappa shape index (κ3) is 40.3. The lowest BCUT2D eigenvalue weighted by atomic mass is 10.0. The smallest absolute Gasteiger partial charge is 0.222 e. The van der Waals surface area contributed by atoms with Crippen LogP contribution in [0.25, 0.3) is 0 Å². The maximum Gasteiger partial charge on any atom is 0.222 e. The van der Waals surface area contributed by atoms with Crippen LogP contribution in [0.2, 0.25) is 0 Å². The topological polar surface area (TPSA) is 89.8 Å². The molecule has 4 N–H and O–H groups in total. The van der Waals surface area contributed by atoms with Gasteiger partial charge in [-0.15, -0.1) is 0 Å². The van der Waals surface area contributed by atoms with Gasteiger partial charge in [-0.1, -0.05) is 224 Å². The summed E-state index contributed by atoms with van der Waals surface area (Å²) in [6, 6.07) is -0.655. The van der Waals surface area contributed by atoms with Crippen molar-refractivity contribution < 1.29 is 20.1 Å². The van der Waals surface area contributed by atoms with Gasteiger partial charge in [-0.25, -0.2) is 0 Å². The monoisotopic (exact) mass is 748 g/mol. The van der Waals surface area contributed by atoms with Gasteiger partial charge >= 0.3 is 0 Å². The quantitative estimate of drug-likeness (QED) is 0.0369. The van der Waals surface area contributed by atoms with Crippen LogP contribution in [-0.2, 0) is 4.79 Å². The van der Waals surface area contributed by atoms with Gasteiger partial charge in [0.25, 0.3) is 0 Å². The molecule has 0 bridgehead atoms. The Bertz CT molecular complexity index is 784. The Morgan fingerprint density at radius 3 is 1.19 bits per heavy atom. The molecule has 5 heteroatoms. The first-order chi connectivity index (χ1) is 26.0. The lowest BCUT2D eigenvalue weighted by Crippen LogP contribution is -2.46. The highest BCUT2D eigenvalue weighted by molar-refractivity contribution is 5.76. The van der Waals surface area contributed by atoms with Crippen molar-refractivity contribution in [3.63, 3.8) is 0 Å². The molecule has 0 heterocycles. The maximum absolute atomic E-state index is 12.4. The van der Waals surface area contributed by atoms with E-state index in [9.17, 15) is 20.1 Å². The molecule has 5 nitrogen and oxygen atoms in total. The van der Waals surface area contributed by atoms with Gasteiger partial charge in [0.05, 0.1) is 31.3 Å². The van der Waals surface area contributed by atoms with Crippen LogP contribution in [0.1, 0.15) is 251 Å². The zero-order valence-electron chi connectivity index (χ0n) is 35.7. The van der Waals surface area contributed by atoms with Crippen LogP contribution in [0.15, 0.2) is 24.3 Å². The maximum atomic E-state index is 12.4. The van der Waals surface area contributed by atoms with Crippen molar-refractivity contribution >= 4 is 5.91 Å². The highest BCUT2D eigenvalue weighted by Crippen LogP contribution is 2.16. The van der Waals surface area contributed by atoms with E-state index in [4.69, 9.17) is 0 Å². The van der Waals surface area contributed by atoms with E-state index in [0.29, 0.717) is 12.8 Å². The number of carbonyl (C=O) groups excluding carboxylic acids is 1. The minimum absolute atomic E-state index is 0.0374. The summed E-state index contributed by atoms with van der Waals surface area (Å²) in [6.07, 6.45) is 53.2. The Kier molecular flexibility index (Phi) is 42.6. The Labute approximate surface area is 331 Å². The van der Waals surface area contributed by atoms with Crippen LogP contribution in [0, 0.1) is 0 Å². The number of aliphatic hydroxyl groups is 3. The second kappa shape index (κ2) is 43.6. The Morgan fingerprint density at radius 2 is 0.811 bits per heavy atom. The number of amides is 1. The van der Waals surface area contributed by atoms with Crippen molar-refractivity contribution in [1.82, 2.24) is 5.32 Å². The Hall–Kier alpha value is -1.17. The number of rotatable bonds is 43. The molecule has 0 saturated heterocycles. The number of carbonyl (C=O) groups is 1. The van der Waals surface area contributed by atoms with Crippen molar-refractivity contribution in [1.29, 1.82) is 0 Å². The highest BCUT2D eigenvalue weighted by atomic mass is 16.3. The van der Waals surface area contributed by atoms with Crippen molar-refractivity contribution in [2.75, 3.05) is 6.61 Å². The minimum Gasteiger partial charge on any atom is -0.394 e. The highest BCUT2D eigenvalue weighted by Gasteiger charge is 2.21. The largest absolute Gasteiger partial charge is 0.394 e. The molecule has 0 aromatic heterocycles. The molecule has 1 amide bonds. The van der Waals surface area contributed by atoms with Gasteiger partial charge in [0.15, 0.2) is 0 Å². The number of unbranched alkanes of at least 4 members (excludes halogenated alkanes) is 30. The summed E-state index contributed by atoms with van der Waals surface area (Å²) >= 11 is 0.